The first-order valence-corrected chi connectivity index (χ1v) is 9.70. The third kappa shape index (κ3) is 4.48. The quantitative estimate of drug-likeness (QED) is 0.422. The molecular formula is C23H20FN3O4. The van der Waals surface area contributed by atoms with Crippen molar-refractivity contribution in [2.24, 2.45) is 0 Å². The van der Waals surface area contributed by atoms with Crippen LogP contribution >= 0.6 is 0 Å². The Bertz CT molecular complexity index is 1250. The molecule has 0 radical (unpaired) electrons. The topological polar surface area (TPSA) is 108 Å². The van der Waals surface area contributed by atoms with Gasteiger partial charge < -0.3 is 19.8 Å². The summed E-state index contributed by atoms with van der Waals surface area (Å²) in [5.41, 5.74) is 2.48. The lowest BCUT2D eigenvalue weighted by molar-refractivity contribution is -0.141. The number of hydrogen-bond acceptors (Lipinski definition) is 4. The van der Waals surface area contributed by atoms with Crippen LogP contribution in [0.25, 0.3) is 22.4 Å². The van der Waals surface area contributed by atoms with Crippen LogP contribution in [0.5, 0.6) is 0 Å². The molecule has 0 fully saturated rings. The van der Waals surface area contributed by atoms with Gasteiger partial charge in [-0.1, -0.05) is 18.2 Å². The second-order valence-corrected chi connectivity index (χ2v) is 7.23. The van der Waals surface area contributed by atoms with E-state index in [2.05, 4.69) is 15.3 Å². The average Bonchev–Trinajstić information content (AvgIpc) is 3.31. The van der Waals surface area contributed by atoms with E-state index in [1.54, 1.807) is 19.2 Å². The van der Waals surface area contributed by atoms with E-state index in [0.29, 0.717) is 33.8 Å². The Morgan fingerprint density at radius 2 is 2.00 bits per heavy atom. The van der Waals surface area contributed by atoms with Gasteiger partial charge in [-0.2, -0.15) is 0 Å². The van der Waals surface area contributed by atoms with E-state index in [9.17, 15) is 19.1 Å². The number of rotatable bonds is 7. The first-order valence-electron chi connectivity index (χ1n) is 9.70. The zero-order valence-electron chi connectivity index (χ0n) is 16.7. The van der Waals surface area contributed by atoms with Gasteiger partial charge in [0.1, 0.15) is 17.6 Å². The van der Waals surface area contributed by atoms with Gasteiger partial charge in [-0.05, 0) is 42.8 Å². The number of aromatic amines is 1. The summed E-state index contributed by atoms with van der Waals surface area (Å²) < 4.78 is 19.0. The lowest BCUT2D eigenvalue weighted by Crippen LogP contribution is -2.43. The number of nitrogens with one attached hydrogen (secondary N) is 2. The zero-order chi connectivity index (χ0) is 22.0. The summed E-state index contributed by atoms with van der Waals surface area (Å²) in [5.74, 6) is -1.12. The highest BCUT2D eigenvalue weighted by Crippen LogP contribution is 2.22. The van der Waals surface area contributed by atoms with E-state index in [4.69, 9.17) is 4.42 Å². The van der Waals surface area contributed by atoms with Crippen molar-refractivity contribution in [2.75, 3.05) is 0 Å². The summed E-state index contributed by atoms with van der Waals surface area (Å²) in [6.07, 6.45) is 1.57. The summed E-state index contributed by atoms with van der Waals surface area (Å²) in [7, 11) is 0. The first-order chi connectivity index (χ1) is 14.9. The maximum atomic E-state index is 13.4. The van der Waals surface area contributed by atoms with E-state index < -0.39 is 17.9 Å². The monoisotopic (exact) mass is 421 g/mol. The second-order valence-electron chi connectivity index (χ2n) is 7.23. The molecule has 2 aromatic heterocycles. The predicted octanol–water partition coefficient (Wildman–Crippen LogP) is 3.63. The number of amides is 1. The Labute approximate surface area is 176 Å². The molecule has 0 aliphatic heterocycles. The number of hydrogen-bond donors (Lipinski definition) is 3. The van der Waals surface area contributed by atoms with Gasteiger partial charge in [0, 0.05) is 29.1 Å². The molecule has 1 amide bonds. The van der Waals surface area contributed by atoms with Crippen LogP contribution in [0.2, 0.25) is 0 Å². The normalized spacial score (nSPS) is 12.1. The number of carbonyl (C=O) groups is 2. The number of halogens is 1. The molecule has 2 heterocycles. The molecule has 4 rings (SSSR count). The number of fused-ring (bicyclic) bond motifs is 1. The van der Waals surface area contributed by atoms with E-state index in [-0.39, 0.29) is 18.7 Å². The highest BCUT2D eigenvalue weighted by molar-refractivity contribution is 5.87. The van der Waals surface area contributed by atoms with Crippen LogP contribution < -0.4 is 5.32 Å². The van der Waals surface area contributed by atoms with Gasteiger partial charge in [-0.3, -0.25) is 4.79 Å². The molecule has 1 unspecified atom stereocenters. The van der Waals surface area contributed by atoms with Gasteiger partial charge >= 0.3 is 5.97 Å². The standard InChI is InChI=1S/C23H20FN3O4/c1-13-18(27-22(31-13)14-5-3-2-4-6-14)11-21(28)26-20(23(29)30)9-15-12-25-19-10-16(24)7-8-17(15)19/h2-8,10,12,20,25H,9,11H2,1H3,(H,26,28)(H,29,30). The molecule has 0 saturated carbocycles. The number of nitrogens with zero attached hydrogens (tertiary/aromatic N) is 1. The molecule has 0 aliphatic carbocycles. The summed E-state index contributed by atoms with van der Waals surface area (Å²) in [4.78, 5) is 31.6. The van der Waals surface area contributed by atoms with E-state index in [0.717, 1.165) is 5.56 Å². The average molecular weight is 421 g/mol. The number of carboxylic acid groups (broad SMARTS) is 1. The third-order valence-corrected chi connectivity index (χ3v) is 5.03. The van der Waals surface area contributed by atoms with Gasteiger partial charge in [-0.15, -0.1) is 0 Å². The number of aliphatic carboxylic acids is 1. The Hall–Kier alpha value is -3.94. The Morgan fingerprint density at radius 3 is 2.74 bits per heavy atom. The highest BCUT2D eigenvalue weighted by Gasteiger charge is 2.23. The van der Waals surface area contributed by atoms with E-state index in [1.165, 1.54) is 12.1 Å². The molecule has 0 bridgehead atoms. The fraction of sp³-hybridized carbons (Fsp3) is 0.174. The van der Waals surface area contributed by atoms with Gasteiger partial charge in [0.2, 0.25) is 11.8 Å². The molecule has 0 aliphatic rings. The largest absolute Gasteiger partial charge is 0.480 e. The molecular weight excluding hydrogens is 401 g/mol. The Balaban J connectivity index is 1.47. The summed E-state index contributed by atoms with van der Waals surface area (Å²) in [5, 5.41) is 12.8. The van der Waals surface area contributed by atoms with E-state index in [1.807, 2.05) is 30.3 Å². The number of carbonyl (C=O) groups excluding carboxylic acids is 1. The number of carboxylic acids is 1. The predicted molar refractivity (Wildman–Crippen MR) is 112 cm³/mol. The molecule has 7 nitrogen and oxygen atoms in total. The van der Waals surface area contributed by atoms with Crippen molar-refractivity contribution in [1.29, 1.82) is 0 Å². The van der Waals surface area contributed by atoms with Crippen LogP contribution in [0, 0.1) is 12.7 Å². The van der Waals surface area contributed by atoms with Crippen molar-refractivity contribution in [1.82, 2.24) is 15.3 Å². The molecule has 8 heteroatoms. The van der Waals surface area contributed by atoms with Crippen molar-refractivity contribution in [2.45, 2.75) is 25.8 Å². The van der Waals surface area contributed by atoms with Crippen LogP contribution in [0.4, 0.5) is 4.39 Å². The number of aryl methyl sites for hydroxylation is 1. The first kappa shape index (κ1) is 20.3. The minimum absolute atomic E-state index is 0.0553. The fourth-order valence-electron chi connectivity index (χ4n) is 3.44. The van der Waals surface area contributed by atoms with Crippen molar-refractivity contribution < 1.29 is 23.5 Å². The molecule has 3 N–H and O–H groups in total. The minimum atomic E-state index is -1.16. The van der Waals surface area contributed by atoms with Crippen LogP contribution in [-0.2, 0) is 22.4 Å². The lowest BCUT2D eigenvalue weighted by Gasteiger charge is -2.14. The van der Waals surface area contributed by atoms with Crippen molar-refractivity contribution in [3.05, 3.63) is 77.6 Å². The van der Waals surface area contributed by atoms with Gasteiger partial charge in [0.25, 0.3) is 0 Å². The number of H-pyrrole nitrogens is 1. The summed E-state index contributed by atoms with van der Waals surface area (Å²) in [6.45, 7) is 1.71. The van der Waals surface area contributed by atoms with Crippen molar-refractivity contribution in [3.63, 3.8) is 0 Å². The molecule has 2 aromatic carbocycles. The van der Waals surface area contributed by atoms with Crippen LogP contribution in [0.1, 0.15) is 17.0 Å². The molecule has 1 atom stereocenters. The van der Waals surface area contributed by atoms with Gasteiger partial charge in [0.05, 0.1) is 12.1 Å². The Kier molecular flexibility index (Phi) is 5.53. The minimum Gasteiger partial charge on any atom is -0.480 e. The SMILES string of the molecule is Cc1oc(-c2ccccc2)nc1CC(=O)NC(Cc1c[nH]c2cc(F)ccc12)C(=O)O. The second kappa shape index (κ2) is 8.43. The number of benzene rings is 2. The third-order valence-electron chi connectivity index (χ3n) is 5.03. The van der Waals surface area contributed by atoms with Crippen molar-refractivity contribution >= 4 is 22.8 Å². The maximum Gasteiger partial charge on any atom is 0.326 e. The molecule has 0 spiro atoms. The lowest BCUT2D eigenvalue weighted by atomic mass is 10.0. The highest BCUT2D eigenvalue weighted by atomic mass is 19.1. The molecule has 31 heavy (non-hydrogen) atoms. The Morgan fingerprint density at radius 1 is 1.23 bits per heavy atom. The maximum absolute atomic E-state index is 13.4. The summed E-state index contributed by atoms with van der Waals surface area (Å²) in [6, 6.07) is 12.4. The van der Waals surface area contributed by atoms with Gasteiger partial charge in [0.15, 0.2) is 0 Å². The van der Waals surface area contributed by atoms with Crippen LogP contribution in [0.3, 0.4) is 0 Å². The van der Waals surface area contributed by atoms with Gasteiger partial charge in [-0.25, -0.2) is 14.2 Å². The van der Waals surface area contributed by atoms with Crippen LogP contribution in [0.15, 0.2) is 59.1 Å². The fourth-order valence-corrected chi connectivity index (χ4v) is 3.44. The van der Waals surface area contributed by atoms with E-state index >= 15 is 0 Å². The smallest absolute Gasteiger partial charge is 0.326 e. The van der Waals surface area contributed by atoms with Crippen molar-refractivity contribution in [3.8, 4) is 11.5 Å². The number of oxazole rings is 1. The zero-order valence-corrected chi connectivity index (χ0v) is 16.7. The number of aromatic nitrogens is 2. The molecule has 0 saturated heterocycles. The molecule has 158 valence electrons. The van der Waals surface area contributed by atoms with Crippen LogP contribution in [-0.4, -0.2) is 33.0 Å². The molecule has 4 aromatic rings. The summed E-state index contributed by atoms with van der Waals surface area (Å²) >= 11 is 0.